The van der Waals surface area contributed by atoms with E-state index < -0.39 is 17.5 Å². The Morgan fingerprint density at radius 3 is 2.46 bits per heavy atom. The Balaban J connectivity index is 1.62. The third-order valence-electron chi connectivity index (χ3n) is 4.03. The predicted molar refractivity (Wildman–Crippen MR) is 86.8 cm³/mol. The first-order valence-electron chi connectivity index (χ1n) is 7.97. The van der Waals surface area contributed by atoms with Crippen molar-refractivity contribution >= 4 is 17.5 Å². The number of nitrogens with one attached hydrogen (secondary N) is 2. The second kappa shape index (κ2) is 7.33. The lowest BCUT2D eigenvalue weighted by molar-refractivity contribution is 0.102. The number of nitrogens with zero attached hydrogens (tertiary/aromatic N) is 2. The van der Waals surface area contributed by atoms with Gasteiger partial charge in [0.25, 0.3) is 5.91 Å². The molecular weight excluding hydrogens is 314 g/mol. The molecule has 0 saturated heterocycles. The number of amides is 1. The van der Waals surface area contributed by atoms with Crippen molar-refractivity contribution in [3.63, 3.8) is 0 Å². The van der Waals surface area contributed by atoms with Gasteiger partial charge in [0.1, 0.15) is 11.6 Å². The zero-order valence-corrected chi connectivity index (χ0v) is 13.1. The molecule has 2 N–H and O–H groups in total. The van der Waals surface area contributed by atoms with Gasteiger partial charge in [0, 0.05) is 24.5 Å². The van der Waals surface area contributed by atoms with Crippen molar-refractivity contribution in [2.45, 2.75) is 38.1 Å². The monoisotopic (exact) mass is 332 g/mol. The molecule has 3 rings (SSSR count). The van der Waals surface area contributed by atoms with Gasteiger partial charge in [0.2, 0.25) is 5.95 Å². The summed E-state index contributed by atoms with van der Waals surface area (Å²) in [6, 6.07) is 3.32. The van der Waals surface area contributed by atoms with E-state index in [0.29, 0.717) is 18.1 Å². The van der Waals surface area contributed by atoms with E-state index in [0.717, 1.165) is 18.9 Å². The van der Waals surface area contributed by atoms with E-state index in [2.05, 4.69) is 20.6 Å². The molecule has 0 unspecified atom stereocenters. The number of carbonyl (C=O) groups excluding carboxylic acids is 1. The highest BCUT2D eigenvalue weighted by atomic mass is 19.1. The van der Waals surface area contributed by atoms with Gasteiger partial charge >= 0.3 is 0 Å². The topological polar surface area (TPSA) is 66.9 Å². The summed E-state index contributed by atoms with van der Waals surface area (Å²) in [5.74, 6) is -1.61. The van der Waals surface area contributed by atoms with Crippen LogP contribution in [0.2, 0.25) is 0 Å². The summed E-state index contributed by atoms with van der Waals surface area (Å²) in [7, 11) is 0. The van der Waals surface area contributed by atoms with Crippen LogP contribution in [0, 0.1) is 11.6 Å². The number of anilines is 2. The maximum Gasteiger partial charge on any atom is 0.258 e. The Morgan fingerprint density at radius 1 is 1.08 bits per heavy atom. The molecule has 7 heteroatoms. The van der Waals surface area contributed by atoms with Crippen LogP contribution in [0.3, 0.4) is 0 Å². The van der Waals surface area contributed by atoms with Gasteiger partial charge in [-0.15, -0.1) is 0 Å². The second-order valence-electron chi connectivity index (χ2n) is 5.85. The van der Waals surface area contributed by atoms with Gasteiger partial charge in [-0.3, -0.25) is 4.79 Å². The number of hydrogen-bond acceptors (Lipinski definition) is 4. The molecule has 1 fully saturated rings. The highest BCUT2D eigenvalue weighted by molar-refractivity contribution is 6.03. The van der Waals surface area contributed by atoms with Crippen LogP contribution in [0.5, 0.6) is 0 Å². The van der Waals surface area contributed by atoms with E-state index in [-0.39, 0.29) is 11.3 Å². The van der Waals surface area contributed by atoms with Gasteiger partial charge < -0.3 is 10.6 Å². The Labute approximate surface area is 138 Å². The molecule has 5 nitrogen and oxygen atoms in total. The third-order valence-corrected chi connectivity index (χ3v) is 4.03. The highest BCUT2D eigenvalue weighted by Gasteiger charge is 2.15. The average Bonchev–Trinajstić information content (AvgIpc) is 2.59. The molecule has 1 aliphatic carbocycles. The van der Waals surface area contributed by atoms with Crippen molar-refractivity contribution in [2.24, 2.45) is 0 Å². The summed E-state index contributed by atoms with van der Waals surface area (Å²) < 4.78 is 26.4. The first-order valence-corrected chi connectivity index (χ1v) is 7.97. The summed E-state index contributed by atoms with van der Waals surface area (Å²) >= 11 is 0. The van der Waals surface area contributed by atoms with Crippen LogP contribution in [0.1, 0.15) is 42.5 Å². The Bertz CT molecular complexity index is 715. The number of carbonyl (C=O) groups is 1. The fourth-order valence-corrected chi connectivity index (χ4v) is 2.73. The smallest absolute Gasteiger partial charge is 0.258 e. The average molecular weight is 332 g/mol. The molecule has 1 aromatic heterocycles. The molecule has 0 atom stereocenters. The number of rotatable bonds is 4. The zero-order chi connectivity index (χ0) is 16.9. The highest BCUT2D eigenvalue weighted by Crippen LogP contribution is 2.20. The minimum Gasteiger partial charge on any atom is -0.351 e. The predicted octanol–water partition coefficient (Wildman–Crippen LogP) is 3.75. The maximum atomic E-state index is 13.6. The van der Waals surface area contributed by atoms with Crippen molar-refractivity contribution in [3.05, 3.63) is 47.8 Å². The SMILES string of the molecule is O=C(Nc1ccc(F)cc1F)c1cnc(NC2CCCCC2)nc1. The molecule has 2 aromatic rings. The number of halogens is 2. The first-order chi connectivity index (χ1) is 11.6. The van der Waals surface area contributed by atoms with E-state index in [9.17, 15) is 13.6 Å². The van der Waals surface area contributed by atoms with Gasteiger partial charge in [0.15, 0.2) is 0 Å². The Morgan fingerprint density at radius 2 is 1.79 bits per heavy atom. The lowest BCUT2D eigenvalue weighted by atomic mass is 9.96. The molecule has 1 amide bonds. The second-order valence-corrected chi connectivity index (χ2v) is 5.85. The first kappa shape index (κ1) is 16.3. The van der Waals surface area contributed by atoms with E-state index in [1.807, 2.05) is 0 Å². The fraction of sp³-hybridized carbons (Fsp3) is 0.353. The summed E-state index contributed by atoms with van der Waals surface area (Å²) in [5, 5.41) is 5.63. The van der Waals surface area contributed by atoms with Crippen LogP contribution in [0.25, 0.3) is 0 Å². The molecule has 1 aromatic carbocycles. The maximum absolute atomic E-state index is 13.6. The van der Waals surface area contributed by atoms with Crippen LogP contribution in [0.4, 0.5) is 20.4 Å². The Hall–Kier alpha value is -2.57. The largest absolute Gasteiger partial charge is 0.351 e. The summed E-state index contributed by atoms with van der Waals surface area (Å²) in [6.07, 6.45) is 8.61. The molecule has 1 heterocycles. The van der Waals surface area contributed by atoms with Crippen LogP contribution in [-0.2, 0) is 0 Å². The minimum atomic E-state index is -0.833. The van der Waals surface area contributed by atoms with Crippen LogP contribution in [-0.4, -0.2) is 21.9 Å². The van der Waals surface area contributed by atoms with Crippen molar-refractivity contribution in [1.29, 1.82) is 0 Å². The van der Waals surface area contributed by atoms with E-state index >= 15 is 0 Å². The standard InChI is InChI=1S/C17H18F2N4O/c18-12-6-7-15(14(19)8-12)23-16(24)11-9-20-17(21-10-11)22-13-4-2-1-3-5-13/h6-10,13H,1-5H2,(H,23,24)(H,20,21,22). The van der Waals surface area contributed by atoms with Gasteiger partial charge in [0.05, 0.1) is 11.3 Å². The van der Waals surface area contributed by atoms with E-state index in [4.69, 9.17) is 0 Å². The summed E-state index contributed by atoms with van der Waals surface area (Å²) in [6.45, 7) is 0. The summed E-state index contributed by atoms with van der Waals surface area (Å²) in [4.78, 5) is 20.4. The molecule has 1 aliphatic rings. The Kier molecular flexibility index (Phi) is 4.98. The molecule has 0 radical (unpaired) electrons. The molecular formula is C17H18F2N4O. The fourth-order valence-electron chi connectivity index (χ4n) is 2.73. The molecule has 0 aliphatic heterocycles. The van der Waals surface area contributed by atoms with Gasteiger partial charge in [-0.25, -0.2) is 18.7 Å². The van der Waals surface area contributed by atoms with E-state index in [1.165, 1.54) is 37.7 Å². The van der Waals surface area contributed by atoms with Crippen LogP contribution < -0.4 is 10.6 Å². The quantitative estimate of drug-likeness (QED) is 0.895. The van der Waals surface area contributed by atoms with Gasteiger partial charge in [-0.1, -0.05) is 19.3 Å². The minimum absolute atomic E-state index is 0.0918. The molecule has 0 bridgehead atoms. The van der Waals surface area contributed by atoms with Crippen molar-refractivity contribution in [2.75, 3.05) is 10.6 Å². The normalized spacial score (nSPS) is 15.1. The number of benzene rings is 1. The van der Waals surface area contributed by atoms with E-state index in [1.54, 1.807) is 0 Å². The van der Waals surface area contributed by atoms with Crippen molar-refractivity contribution in [1.82, 2.24) is 9.97 Å². The number of hydrogen-bond donors (Lipinski definition) is 2. The number of aromatic nitrogens is 2. The van der Waals surface area contributed by atoms with Gasteiger partial charge in [-0.05, 0) is 25.0 Å². The lowest BCUT2D eigenvalue weighted by Crippen LogP contribution is -2.23. The lowest BCUT2D eigenvalue weighted by Gasteiger charge is -2.22. The van der Waals surface area contributed by atoms with Crippen LogP contribution >= 0.6 is 0 Å². The summed E-state index contributed by atoms with van der Waals surface area (Å²) in [5.41, 5.74) is 0.110. The molecule has 126 valence electrons. The van der Waals surface area contributed by atoms with Crippen LogP contribution in [0.15, 0.2) is 30.6 Å². The molecule has 1 saturated carbocycles. The molecule has 0 spiro atoms. The van der Waals surface area contributed by atoms with Crippen molar-refractivity contribution in [3.8, 4) is 0 Å². The molecule has 24 heavy (non-hydrogen) atoms. The third kappa shape index (κ3) is 4.04. The van der Waals surface area contributed by atoms with Crippen molar-refractivity contribution < 1.29 is 13.6 Å². The van der Waals surface area contributed by atoms with Gasteiger partial charge in [-0.2, -0.15) is 0 Å². The zero-order valence-electron chi connectivity index (χ0n) is 13.1.